The van der Waals surface area contributed by atoms with Crippen LogP contribution in [-0.2, 0) is 14.3 Å². The standard InChI is InChI=1S/C21H22N6O6S/c1-12-5-6-13(2)17(9-12)26-21(23-24-25-26)34-11-19(28)33-14(3)20(29)22-16-10-15(27(30)31)7-8-18(16)32-4/h5-10,14H,11H2,1-4H3,(H,22,29). The summed E-state index contributed by atoms with van der Waals surface area (Å²) in [4.78, 5) is 35.2. The highest BCUT2D eigenvalue weighted by atomic mass is 32.2. The predicted octanol–water partition coefficient (Wildman–Crippen LogP) is 2.86. The molecule has 0 saturated heterocycles. The van der Waals surface area contributed by atoms with E-state index in [2.05, 4.69) is 20.8 Å². The Morgan fingerprint density at radius 2 is 2.00 bits per heavy atom. The molecule has 3 aromatic rings. The van der Waals surface area contributed by atoms with Crippen molar-refractivity contribution < 1.29 is 24.0 Å². The van der Waals surface area contributed by atoms with Crippen molar-refractivity contribution in [2.24, 2.45) is 0 Å². The summed E-state index contributed by atoms with van der Waals surface area (Å²) < 4.78 is 11.8. The smallest absolute Gasteiger partial charge is 0.317 e. The molecule has 1 aromatic heterocycles. The van der Waals surface area contributed by atoms with Gasteiger partial charge in [0.1, 0.15) is 5.75 Å². The van der Waals surface area contributed by atoms with Gasteiger partial charge in [-0.25, -0.2) is 0 Å². The van der Waals surface area contributed by atoms with Gasteiger partial charge >= 0.3 is 5.97 Å². The van der Waals surface area contributed by atoms with Crippen molar-refractivity contribution in [2.45, 2.75) is 32.0 Å². The number of methoxy groups -OCH3 is 1. The molecule has 1 amide bonds. The first kappa shape index (κ1) is 24.6. The third-order valence-corrected chi connectivity index (χ3v) is 5.57. The van der Waals surface area contributed by atoms with Gasteiger partial charge in [-0.3, -0.25) is 19.7 Å². The van der Waals surface area contributed by atoms with E-state index in [0.717, 1.165) is 34.6 Å². The third-order valence-electron chi connectivity index (χ3n) is 4.68. The summed E-state index contributed by atoms with van der Waals surface area (Å²) in [7, 11) is 1.36. The minimum atomic E-state index is -1.16. The summed E-state index contributed by atoms with van der Waals surface area (Å²) in [6, 6.07) is 9.63. The molecule has 0 aliphatic carbocycles. The molecule has 0 spiro atoms. The van der Waals surface area contributed by atoms with Crippen molar-refractivity contribution in [3.63, 3.8) is 0 Å². The molecule has 0 radical (unpaired) electrons. The minimum absolute atomic E-state index is 0.0895. The Morgan fingerprint density at radius 3 is 2.71 bits per heavy atom. The van der Waals surface area contributed by atoms with Crippen LogP contribution in [0.25, 0.3) is 5.69 Å². The predicted molar refractivity (Wildman–Crippen MR) is 123 cm³/mol. The zero-order valence-electron chi connectivity index (χ0n) is 18.8. The number of nitro benzene ring substituents is 1. The molecule has 12 nitrogen and oxygen atoms in total. The van der Waals surface area contributed by atoms with Gasteiger partial charge in [-0.1, -0.05) is 23.9 Å². The SMILES string of the molecule is COc1ccc([N+](=O)[O-])cc1NC(=O)C(C)OC(=O)CSc1nnnn1-c1cc(C)ccc1C. The van der Waals surface area contributed by atoms with Crippen LogP contribution < -0.4 is 10.1 Å². The number of nitro groups is 1. The van der Waals surface area contributed by atoms with Gasteiger partial charge in [-0.05, 0) is 54.5 Å². The zero-order chi connectivity index (χ0) is 24.8. The van der Waals surface area contributed by atoms with Gasteiger partial charge in [0, 0.05) is 12.1 Å². The number of carbonyl (C=O) groups excluding carboxylic acids is 2. The zero-order valence-corrected chi connectivity index (χ0v) is 19.7. The number of aromatic nitrogens is 4. The maximum absolute atomic E-state index is 12.5. The fraction of sp³-hybridized carbons (Fsp3) is 0.286. The Morgan fingerprint density at radius 1 is 1.24 bits per heavy atom. The number of aryl methyl sites for hydroxylation is 2. The second-order valence-electron chi connectivity index (χ2n) is 7.21. The average molecular weight is 487 g/mol. The van der Waals surface area contributed by atoms with Crippen LogP contribution in [0.5, 0.6) is 5.75 Å². The molecule has 0 aliphatic heterocycles. The number of hydrogen-bond acceptors (Lipinski definition) is 10. The molecule has 0 aliphatic rings. The number of ether oxygens (including phenoxy) is 2. The maximum atomic E-state index is 12.5. The van der Waals surface area contributed by atoms with Gasteiger partial charge in [0.25, 0.3) is 11.6 Å². The van der Waals surface area contributed by atoms with E-state index < -0.39 is 22.9 Å². The molecule has 2 aromatic carbocycles. The molecule has 0 fully saturated rings. The number of carbonyl (C=O) groups is 2. The van der Waals surface area contributed by atoms with Crippen LogP contribution in [0, 0.1) is 24.0 Å². The van der Waals surface area contributed by atoms with E-state index >= 15 is 0 Å². The molecular formula is C21H22N6O6S. The Hall–Kier alpha value is -4.00. The summed E-state index contributed by atoms with van der Waals surface area (Å²) in [5.74, 6) is -1.24. The van der Waals surface area contributed by atoms with Gasteiger partial charge < -0.3 is 14.8 Å². The van der Waals surface area contributed by atoms with Crippen LogP contribution in [0.3, 0.4) is 0 Å². The van der Waals surface area contributed by atoms with Crippen molar-refractivity contribution in [3.05, 3.63) is 57.6 Å². The highest BCUT2D eigenvalue weighted by Gasteiger charge is 2.22. The lowest BCUT2D eigenvalue weighted by molar-refractivity contribution is -0.384. The first-order valence-corrected chi connectivity index (χ1v) is 11.0. The fourth-order valence-electron chi connectivity index (χ4n) is 2.92. The number of nitrogens with one attached hydrogen (secondary N) is 1. The van der Waals surface area contributed by atoms with Crippen LogP contribution in [0.1, 0.15) is 18.1 Å². The molecule has 1 heterocycles. The second-order valence-corrected chi connectivity index (χ2v) is 8.16. The van der Waals surface area contributed by atoms with Crippen molar-refractivity contribution in [1.82, 2.24) is 20.2 Å². The molecule has 3 rings (SSSR count). The topological polar surface area (TPSA) is 151 Å². The lowest BCUT2D eigenvalue weighted by Crippen LogP contribution is -2.30. The van der Waals surface area contributed by atoms with Gasteiger partial charge in [0.05, 0.1) is 29.2 Å². The number of rotatable bonds is 9. The second kappa shape index (κ2) is 10.7. The normalized spacial score (nSPS) is 11.5. The van der Waals surface area contributed by atoms with Crippen molar-refractivity contribution in [3.8, 4) is 11.4 Å². The van der Waals surface area contributed by atoms with Gasteiger partial charge in [-0.15, -0.1) is 5.10 Å². The summed E-state index contributed by atoms with van der Waals surface area (Å²) in [6.45, 7) is 5.27. The molecule has 1 unspecified atom stereocenters. The van der Waals surface area contributed by atoms with Crippen molar-refractivity contribution in [2.75, 3.05) is 18.2 Å². The number of amides is 1. The number of non-ortho nitro benzene ring substituents is 1. The van der Waals surface area contributed by atoms with E-state index in [1.54, 1.807) is 0 Å². The number of tetrazole rings is 1. The number of anilines is 1. The summed E-state index contributed by atoms with van der Waals surface area (Å²) in [5.41, 5.74) is 2.65. The van der Waals surface area contributed by atoms with Gasteiger partial charge in [0.15, 0.2) is 6.10 Å². The molecule has 34 heavy (non-hydrogen) atoms. The third kappa shape index (κ3) is 5.86. The first-order chi connectivity index (χ1) is 16.2. The lowest BCUT2D eigenvalue weighted by Gasteiger charge is -2.15. The molecule has 1 N–H and O–H groups in total. The monoisotopic (exact) mass is 486 g/mol. The first-order valence-electron chi connectivity index (χ1n) is 10.0. The van der Waals surface area contributed by atoms with Gasteiger partial charge in [0.2, 0.25) is 5.16 Å². The van der Waals surface area contributed by atoms with Crippen LogP contribution in [0.2, 0.25) is 0 Å². The van der Waals surface area contributed by atoms with Crippen LogP contribution in [0.15, 0.2) is 41.6 Å². The number of nitrogens with zero attached hydrogens (tertiary/aromatic N) is 5. The van der Waals surface area contributed by atoms with E-state index in [-0.39, 0.29) is 22.9 Å². The van der Waals surface area contributed by atoms with E-state index in [1.165, 1.54) is 30.8 Å². The fourth-order valence-corrected chi connectivity index (χ4v) is 3.58. The van der Waals surface area contributed by atoms with Gasteiger partial charge in [-0.2, -0.15) is 4.68 Å². The maximum Gasteiger partial charge on any atom is 0.317 e. The minimum Gasteiger partial charge on any atom is -0.495 e. The molecule has 178 valence electrons. The highest BCUT2D eigenvalue weighted by molar-refractivity contribution is 7.99. The van der Waals surface area contributed by atoms with Crippen LogP contribution >= 0.6 is 11.8 Å². The van der Waals surface area contributed by atoms with Crippen molar-refractivity contribution >= 4 is 35.0 Å². The quantitative estimate of drug-likeness (QED) is 0.207. The molecule has 0 saturated carbocycles. The average Bonchev–Trinajstić information content (AvgIpc) is 3.27. The van der Waals surface area contributed by atoms with Crippen LogP contribution in [-0.4, -0.2) is 56.0 Å². The Bertz CT molecular complexity index is 1230. The number of esters is 1. The molecular weight excluding hydrogens is 464 g/mol. The van der Waals surface area contributed by atoms with E-state index in [0.29, 0.717) is 5.16 Å². The van der Waals surface area contributed by atoms with Crippen LogP contribution in [0.4, 0.5) is 11.4 Å². The molecule has 13 heteroatoms. The lowest BCUT2D eigenvalue weighted by atomic mass is 10.1. The van der Waals surface area contributed by atoms with Crippen molar-refractivity contribution in [1.29, 1.82) is 0 Å². The molecule has 1 atom stereocenters. The Balaban J connectivity index is 1.61. The summed E-state index contributed by atoms with van der Waals surface area (Å²) in [5, 5.41) is 25.5. The Kier molecular flexibility index (Phi) is 7.79. The van der Waals surface area contributed by atoms with E-state index in [1.807, 2.05) is 32.0 Å². The molecule has 0 bridgehead atoms. The highest BCUT2D eigenvalue weighted by Crippen LogP contribution is 2.29. The largest absolute Gasteiger partial charge is 0.495 e. The summed E-state index contributed by atoms with van der Waals surface area (Å²) in [6.07, 6.45) is -1.16. The Labute approximate surface area is 198 Å². The number of hydrogen-bond donors (Lipinski definition) is 1. The van der Waals surface area contributed by atoms with E-state index in [9.17, 15) is 19.7 Å². The number of thioether (sulfide) groups is 1. The van der Waals surface area contributed by atoms with E-state index in [4.69, 9.17) is 9.47 Å². The summed E-state index contributed by atoms with van der Waals surface area (Å²) >= 11 is 1.07. The number of benzene rings is 2.